The molecule has 12 heavy (non-hydrogen) atoms. The van der Waals surface area contributed by atoms with Gasteiger partial charge in [-0.15, -0.1) is 0 Å². The van der Waals surface area contributed by atoms with E-state index in [1.165, 1.54) is 5.56 Å². The lowest BCUT2D eigenvalue weighted by Crippen LogP contribution is -1.77. The smallest absolute Gasteiger partial charge is 0.190 e. The molecule has 0 fully saturated rings. The highest BCUT2D eigenvalue weighted by Crippen LogP contribution is 2.23. The second-order valence-electron chi connectivity index (χ2n) is 3.20. The van der Waals surface area contributed by atoms with Gasteiger partial charge in [0.2, 0.25) is 0 Å². The maximum absolute atomic E-state index is 11.0. The van der Waals surface area contributed by atoms with Gasteiger partial charge in [-0.3, -0.25) is 4.79 Å². The van der Waals surface area contributed by atoms with Gasteiger partial charge in [-0.05, 0) is 19.4 Å². The summed E-state index contributed by atoms with van der Waals surface area (Å²) in [6, 6.07) is 8.06. The fraction of sp³-hybridized carbons (Fsp3) is 0.182. The number of hydrogen-bond donors (Lipinski definition) is 0. The van der Waals surface area contributed by atoms with Crippen LogP contribution < -0.4 is 5.43 Å². The number of hydrogen-bond acceptors (Lipinski definition) is 1. The van der Waals surface area contributed by atoms with Gasteiger partial charge >= 0.3 is 0 Å². The summed E-state index contributed by atoms with van der Waals surface area (Å²) in [7, 11) is 0. The van der Waals surface area contributed by atoms with Crippen molar-refractivity contribution in [3.05, 3.63) is 45.6 Å². The Kier molecular flexibility index (Phi) is 1.40. The molecule has 1 heteroatoms. The van der Waals surface area contributed by atoms with Gasteiger partial charge in [-0.2, -0.15) is 0 Å². The van der Waals surface area contributed by atoms with Crippen molar-refractivity contribution in [3.63, 3.8) is 0 Å². The third kappa shape index (κ3) is 0.981. The Morgan fingerprint density at radius 1 is 1.00 bits per heavy atom. The zero-order valence-electron chi connectivity index (χ0n) is 7.22. The molecule has 0 unspecified atom stereocenters. The van der Waals surface area contributed by atoms with Crippen molar-refractivity contribution in [2.75, 3.05) is 0 Å². The summed E-state index contributed by atoms with van der Waals surface area (Å²) in [6.07, 6.45) is 0. The van der Waals surface area contributed by atoms with Crippen LogP contribution in [0.25, 0.3) is 11.1 Å². The Morgan fingerprint density at radius 3 is 1.92 bits per heavy atom. The van der Waals surface area contributed by atoms with Gasteiger partial charge in [-0.1, -0.05) is 29.8 Å². The minimum absolute atomic E-state index is 0.221. The minimum atomic E-state index is 0.221. The molecule has 0 saturated heterocycles. The van der Waals surface area contributed by atoms with Gasteiger partial charge < -0.3 is 0 Å². The Labute approximate surface area is 71.3 Å². The van der Waals surface area contributed by atoms with Crippen molar-refractivity contribution in [3.8, 4) is 11.1 Å². The summed E-state index contributed by atoms with van der Waals surface area (Å²) in [6.45, 7) is 3.91. The first-order chi connectivity index (χ1) is 5.70. The van der Waals surface area contributed by atoms with Crippen LogP contribution in [0.15, 0.2) is 29.1 Å². The highest BCUT2D eigenvalue weighted by molar-refractivity contribution is 5.75. The predicted molar refractivity (Wildman–Crippen MR) is 50.0 cm³/mol. The zero-order valence-corrected chi connectivity index (χ0v) is 7.22. The van der Waals surface area contributed by atoms with E-state index in [9.17, 15) is 4.79 Å². The standard InChI is InChI=1S/C11H10O/c1-7-3-5-9(6-4-7)10-8(2)11(10)12/h3-6H,1-2H3. The van der Waals surface area contributed by atoms with Crippen molar-refractivity contribution in [2.45, 2.75) is 13.8 Å². The lowest BCUT2D eigenvalue weighted by molar-refractivity contribution is 1.47. The van der Waals surface area contributed by atoms with Gasteiger partial charge in [0, 0.05) is 11.1 Å². The molecule has 0 aliphatic carbocycles. The largest absolute Gasteiger partial charge is 0.289 e. The number of aryl methyl sites for hydroxylation is 1. The predicted octanol–water partition coefficient (Wildman–Crippen LogP) is 2.21. The van der Waals surface area contributed by atoms with E-state index in [2.05, 4.69) is 0 Å². The molecule has 2 aromatic rings. The maximum Gasteiger partial charge on any atom is 0.190 e. The first-order valence-electron chi connectivity index (χ1n) is 4.03. The maximum atomic E-state index is 11.0. The molecular formula is C11H10O. The van der Waals surface area contributed by atoms with E-state index >= 15 is 0 Å². The molecule has 0 aliphatic rings. The molecular weight excluding hydrogens is 148 g/mol. The Hall–Kier alpha value is -1.37. The van der Waals surface area contributed by atoms with Gasteiger partial charge in [0.25, 0.3) is 0 Å². The number of rotatable bonds is 1. The zero-order chi connectivity index (χ0) is 8.72. The van der Waals surface area contributed by atoms with Crippen molar-refractivity contribution >= 4 is 0 Å². The lowest BCUT2D eigenvalue weighted by atomic mass is 10.1. The van der Waals surface area contributed by atoms with E-state index < -0.39 is 0 Å². The van der Waals surface area contributed by atoms with E-state index in [0.717, 1.165) is 16.7 Å². The van der Waals surface area contributed by atoms with Gasteiger partial charge in [0.1, 0.15) is 0 Å². The average Bonchev–Trinajstić information content (AvgIpc) is 2.63. The van der Waals surface area contributed by atoms with E-state index in [1.54, 1.807) is 0 Å². The van der Waals surface area contributed by atoms with Gasteiger partial charge in [0.15, 0.2) is 5.43 Å². The van der Waals surface area contributed by atoms with Crippen LogP contribution in [0.1, 0.15) is 11.1 Å². The number of benzene rings is 1. The molecule has 0 saturated carbocycles. The molecule has 2 rings (SSSR count). The van der Waals surface area contributed by atoms with Crippen LogP contribution in [0.5, 0.6) is 0 Å². The first kappa shape index (κ1) is 7.29. The van der Waals surface area contributed by atoms with Crippen LogP contribution in [-0.4, -0.2) is 0 Å². The van der Waals surface area contributed by atoms with Crippen LogP contribution in [0.4, 0.5) is 0 Å². The van der Waals surface area contributed by atoms with Gasteiger partial charge in [0.05, 0.1) is 0 Å². The molecule has 0 radical (unpaired) electrons. The SMILES string of the molecule is Cc1ccc(-c2c(C)c2=O)cc1. The van der Waals surface area contributed by atoms with E-state index in [0.29, 0.717) is 0 Å². The summed E-state index contributed by atoms with van der Waals surface area (Å²) in [5.41, 5.74) is 4.33. The first-order valence-corrected chi connectivity index (χ1v) is 4.03. The van der Waals surface area contributed by atoms with Crippen molar-refractivity contribution in [2.24, 2.45) is 0 Å². The average molecular weight is 158 g/mol. The van der Waals surface area contributed by atoms with Crippen LogP contribution in [-0.2, 0) is 0 Å². The van der Waals surface area contributed by atoms with Gasteiger partial charge in [-0.25, -0.2) is 0 Å². The van der Waals surface area contributed by atoms with Crippen LogP contribution >= 0.6 is 0 Å². The third-order valence-electron chi connectivity index (χ3n) is 2.22. The lowest BCUT2D eigenvalue weighted by Gasteiger charge is -1.93. The Bertz CT molecular complexity index is 414. The monoisotopic (exact) mass is 158 g/mol. The highest BCUT2D eigenvalue weighted by Gasteiger charge is 2.18. The molecule has 0 heterocycles. The van der Waals surface area contributed by atoms with E-state index in [-0.39, 0.29) is 5.43 Å². The quantitative estimate of drug-likeness (QED) is 0.621. The van der Waals surface area contributed by atoms with E-state index in [1.807, 2.05) is 38.1 Å². The van der Waals surface area contributed by atoms with Crippen molar-refractivity contribution in [1.82, 2.24) is 0 Å². The molecule has 0 N–H and O–H groups in total. The highest BCUT2D eigenvalue weighted by atomic mass is 16.1. The summed E-state index contributed by atoms with van der Waals surface area (Å²) < 4.78 is 0. The molecule has 0 aromatic heterocycles. The summed E-state index contributed by atoms with van der Waals surface area (Å²) >= 11 is 0. The molecule has 0 bridgehead atoms. The summed E-state index contributed by atoms with van der Waals surface area (Å²) in [4.78, 5) is 11.0. The normalized spacial score (nSPS) is 10.8. The van der Waals surface area contributed by atoms with Crippen LogP contribution in [0.2, 0.25) is 0 Å². The Balaban J connectivity index is 2.44. The fourth-order valence-electron chi connectivity index (χ4n) is 1.33. The molecule has 0 amide bonds. The summed E-state index contributed by atoms with van der Waals surface area (Å²) in [5, 5.41) is 0. The van der Waals surface area contributed by atoms with Crippen molar-refractivity contribution in [1.29, 1.82) is 0 Å². The molecule has 0 atom stereocenters. The molecule has 2 aromatic carbocycles. The summed E-state index contributed by atoms with van der Waals surface area (Å²) in [5.74, 6) is 0. The van der Waals surface area contributed by atoms with E-state index in [4.69, 9.17) is 0 Å². The second-order valence-corrected chi connectivity index (χ2v) is 3.20. The Morgan fingerprint density at radius 2 is 1.50 bits per heavy atom. The molecule has 60 valence electrons. The molecule has 0 aliphatic heterocycles. The molecule has 1 nitrogen and oxygen atoms in total. The second kappa shape index (κ2) is 2.31. The van der Waals surface area contributed by atoms with Crippen molar-refractivity contribution < 1.29 is 0 Å². The van der Waals surface area contributed by atoms with Crippen LogP contribution in [0.3, 0.4) is 0 Å². The molecule has 0 spiro atoms. The third-order valence-corrected chi connectivity index (χ3v) is 2.22. The topological polar surface area (TPSA) is 17.1 Å². The van der Waals surface area contributed by atoms with Crippen LogP contribution in [0, 0.1) is 13.8 Å². The minimum Gasteiger partial charge on any atom is -0.289 e. The fourth-order valence-corrected chi connectivity index (χ4v) is 1.33.